The van der Waals surface area contributed by atoms with Gasteiger partial charge in [-0.25, -0.2) is 13.4 Å². The third-order valence-corrected chi connectivity index (χ3v) is 3.99. The van der Waals surface area contributed by atoms with Gasteiger partial charge in [0.15, 0.2) is 5.03 Å². The molecule has 0 aliphatic carbocycles. The maximum absolute atomic E-state index is 12.1. The lowest BCUT2D eigenvalue weighted by Crippen LogP contribution is -2.31. The molecule has 7 heteroatoms. The van der Waals surface area contributed by atoms with Crippen LogP contribution < -0.4 is 0 Å². The van der Waals surface area contributed by atoms with Crippen molar-refractivity contribution in [2.24, 2.45) is 0 Å². The lowest BCUT2D eigenvalue weighted by Gasteiger charge is -2.19. The van der Waals surface area contributed by atoms with Gasteiger partial charge in [-0.15, -0.1) is 0 Å². The molecule has 1 aromatic heterocycles. The zero-order valence-electron chi connectivity index (χ0n) is 9.55. The predicted molar refractivity (Wildman–Crippen MR) is 67.6 cm³/mol. The maximum atomic E-state index is 12.1. The van der Waals surface area contributed by atoms with Crippen LogP contribution in [-0.4, -0.2) is 37.3 Å². The zero-order chi connectivity index (χ0) is 13.1. The normalized spacial score (nSPS) is 11.2. The summed E-state index contributed by atoms with van der Waals surface area (Å²) in [7, 11) is -3.67. The van der Waals surface area contributed by atoms with E-state index in [-0.39, 0.29) is 16.5 Å². The number of rotatable bonds is 4. The maximum Gasteiger partial charge on any atom is 0.256 e. The Labute approximate surface area is 108 Å². The first kappa shape index (κ1) is 14.1. The second kappa shape index (κ2) is 5.59. The van der Waals surface area contributed by atoms with E-state index in [9.17, 15) is 13.2 Å². The number of carbonyl (C=O) groups excluding carboxylic acids is 1. The fourth-order valence-corrected chi connectivity index (χ4v) is 2.81. The third-order valence-electron chi connectivity index (χ3n) is 2.28. The SMILES string of the molecule is CCN(CC)C(=O)c1cccnc1S(=O)(=O)Br. The summed E-state index contributed by atoms with van der Waals surface area (Å²) in [5.74, 6) is -0.332. The van der Waals surface area contributed by atoms with Crippen LogP contribution in [0.3, 0.4) is 0 Å². The lowest BCUT2D eigenvalue weighted by molar-refractivity contribution is 0.0768. The van der Waals surface area contributed by atoms with Crippen LogP contribution >= 0.6 is 14.8 Å². The van der Waals surface area contributed by atoms with Crippen LogP contribution in [0.1, 0.15) is 24.2 Å². The van der Waals surface area contributed by atoms with Gasteiger partial charge >= 0.3 is 0 Å². The smallest absolute Gasteiger partial charge is 0.256 e. The molecule has 1 aromatic rings. The molecule has 0 aliphatic heterocycles. The van der Waals surface area contributed by atoms with Gasteiger partial charge in [0.2, 0.25) is 0 Å². The highest BCUT2D eigenvalue weighted by Crippen LogP contribution is 2.20. The van der Waals surface area contributed by atoms with Crippen molar-refractivity contribution in [2.45, 2.75) is 18.9 Å². The van der Waals surface area contributed by atoms with Crippen molar-refractivity contribution < 1.29 is 13.2 Å². The molecular formula is C10H13BrN2O3S. The van der Waals surface area contributed by atoms with E-state index in [0.29, 0.717) is 13.1 Å². The molecule has 5 nitrogen and oxygen atoms in total. The molecule has 0 aliphatic rings. The van der Waals surface area contributed by atoms with E-state index in [1.165, 1.54) is 12.3 Å². The lowest BCUT2D eigenvalue weighted by atomic mass is 10.2. The van der Waals surface area contributed by atoms with Crippen molar-refractivity contribution in [3.05, 3.63) is 23.9 Å². The summed E-state index contributed by atoms with van der Waals surface area (Å²) in [6.45, 7) is 4.71. The third kappa shape index (κ3) is 3.26. The molecule has 1 amide bonds. The molecule has 0 saturated heterocycles. The number of nitrogens with zero attached hydrogens (tertiary/aromatic N) is 2. The summed E-state index contributed by atoms with van der Waals surface area (Å²) in [5, 5.41) is -0.239. The Morgan fingerprint density at radius 1 is 1.41 bits per heavy atom. The van der Waals surface area contributed by atoms with Crippen LogP contribution in [0.4, 0.5) is 0 Å². The number of halogens is 1. The number of hydrogen-bond donors (Lipinski definition) is 0. The first-order valence-electron chi connectivity index (χ1n) is 5.10. The van der Waals surface area contributed by atoms with Gasteiger partial charge in [-0.05, 0) is 26.0 Å². The Morgan fingerprint density at radius 2 is 2.00 bits per heavy atom. The first-order chi connectivity index (χ1) is 7.91. The van der Waals surface area contributed by atoms with Crippen molar-refractivity contribution in [1.29, 1.82) is 0 Å². The van der Waals surface area contributed by atoms with Gasteiger partial charge in [0, 0.05) is 19.3 Å². The topological polar surface area (TPSA) is 67.3 Å². The number of hydrogen-bond acceptors (Lipinski definition) is 4. The summed E-state index contributed by atoms with van der Waals surface area (Å²) < 4.78 is 22.9. The van der Waals surface area contributed by atoms with Crippen molar-refractivity contribution >= 4 is 29.0 Å². The number of amides is 1. The quantitative estimate of drug-likeness (QED) is 0.791. The first-order valence-corrected chi connectivity index (χ1v) is 8.43. The molecule has 1 rings (SSSR count). The Morgan fingerprint density at radius 3 is 2.47 bits per heavy atom. The molecule has 1 heterocycles. The van der Waals surface area contributed by atoms with Crippen molar-refractivity contribution in [3.63, 3.8) is 0 Å². The minimum Gasteiger partial charge on any atom is -0.339 e. The van der Waals surface area contributed by atoms with E-state index in [1.807, 2.05) is 13.8 Å². The minimum atomic E-state index is -3.67. The molecule has 17 heavy (non-hydrogen) atoms. The highest BCUT2D eigenvalue weighted by atomic mass is 79.9. The van der Waals surface area contributed by atoms with Gasteiger partial charge in [0.1, 0.15) is 0 Å². The van der Waals surface area contributed by atoms with Crippen LogP contribution in [0.15, 0.2) is 23.4 Å². The highest BCUT2D eigenvalue weighted by molar-refractivity contribution is 9.47. The largest absolute Gasteiger partial charge is 0.339 e. The standard InChI is InChI=1S/C10H13BrN2O3S/c1-3-13(4-2)10(14)8-6-5-7-12-9(8)17(11,15)16/h5-7H,3-4H2,1-2H3. The van der Waals surface area contributed by atoms with E-state index in [0.717, 1.165) is 0 Å². The van der Waals surface area contributed by atoms with Crippen molar-refractivity contribution in [3.8, 4) is 0 Å². The highest BCUT2D eigenvalue weighted by Gasteiger charge is 2.23. The Hall–Kier alpha value is -0.950. The van der Waals surface area contributed by atoms with Gasteiger partial charge in [-0.1, -0.05) is 0 Å². The molecule has 0 fully saturated rings. The van der Waals surface area contributed by atoms with Gasteiger partial charge in [-0.3, -0.25) is 4.79 Å². The summed E-state index contributed by atoms with van der Waals surface area (Å²) in [5.41, 5.74) is 0.0908. The second-order valence-electron chi connectivity index (χ2n) is 3.27. The van der Waals surface area contributed by atoms with Gasteiger partial charge in [0.05, 0.1) is 20.4 Å². The molecule has 0 unspecified atom stereocenters. The average Bonchev–Trinajstić information content (AvgIpc) is 2.29. The predicted octanol–water partition coefficient (Wildman–Crippen LogP) is 1.65. The number of carbonyl (C=O) groups is 1. The minimum absolute atomic E-state index is 0.0908. The van der Waals surface area contributed by atoms with Gasteiger partial charge in [0.25, 0.3) is 14.2 Å². The molecule has 94 valence electrons. The molecule has 0 saturated carbocycles. The van der Waals surface area contributed by atoms with Crippen LogP contribution in [0.5, 0.6) is 0 Å². The molecule has 0 radical (unpaired) electrons. The zero-order valence-corrected chi connectivity index (χ0v) is 12.0. The number of aromatic nitrogens is 1. The summed E-state index contributed by atoms with van der Waals surface area (Å²) in [4.78, 5) is 17.4. The van der Waals surface area contributed by atoms with Crippen LogP contribution in [0.25, 0.3) is 0 Å². The molecule has 0 spiro atoms. The summed E-state index contributed by atoms with van der Waals surface area (Å²) in [6, 6.07) is 3.00. The van der Waals surface area contributed by atoms with E-state index >= 15 is 0 Å². The van der Waals surface area contributed by atoms with Crippen LogP contribution in [-0.2, 0) is 8.27 Å². The van der Waals surface area contributed by atoms with Crippen molar-refractivity contribution in [1.82, 2.24) is 9.88 Å². The molecule has 0 bridgehead atoms. The van der Waals surface area contributed by atoms with Crippen LogP contribution in [0.2, 0.25) is 0 Å². The molecule has 0 atom stereocenters. The average molecular weight is 321 g/mol. The molecule has 0 aromatic carbocycles. The summed E-state index contributed by atoms with van der Waals surface area (Å²) in [6.07, 6.45) is 1.34. The van der Waals surface area contributed by atoms with E-state index < -0.39 is 8.27 Å². The van der Waals surface area contributed by atoms with E-state index in [1.54, 1.807) is 11.0 Å². The number of pyridine rings is 1. The second-order valence-corrected chi connectivity index (χ2v) is 7.09. The fraction of sp³-hybridized carbons (Fsp3) is 0.400. The summed E-state index contributed by atoms with van der Waals surface area (Å²) >= 11 is 2.54. The van der Waals surface area contributed by atoms with Crippen LogP contribution in [0, 0.1) is 0 Å². The Balaban J connectivity index is 3.28. The van der Waals surface area contributed by atoms with Crippen molar-refractivity contribution in [2.75, 3.05) is 13.1 Å². The van der Waals surface area contributed by atoms with Gasteiger partial charge in [-0.2, -0.15) is 0 Å². The van der Waals surface area contributed by atoms with E-state index in [4.69, 9.17) is 0 Å². The molecular weight excluding hydrogens is 308 g/mol. The monoisotopic (exact) mass is 320 g/mol. The van der Waals surface area contributed by atoms with E-state index in [2.05, 4.69) is 19.8 Å². The Kier molecular flexibility index (Phi) is 4.64. The molecule has 0 N–H and O–H groups in total. The van der Waals surface area contributed by atoms with Gasteiger partial charge < -0.3 is 4.90 Å². The fourth-order valence-electron chi connectivity index (χ4n) is 1.43. The Bertz CT molecular complexity index is 512.